The first-order valence-corrected chi connectivity index (χ1v) is 9.70. The van der Waals surface area contributed by atoms with Crippen LogP contribution in [0.5, 0.6) is 5.75 Å². The van der Waals surface area contributed by atoms with Crippen LogP contribution in [0, 0.1) is 0 Å². The molecule has 7 nitrogen and oxygen atoms in total. The highest BCUT2D eigenvalue weighted by molar-refractivity contribution is 5.92. The van der Waals surface area contributed by atoms with Crippen molar-refractivity contribution in [1.82, 2.24) is 0 Å². The summed E-state index contributed by atoms with van der Waals surface area (Å²) in [6.45, 7) is 4.02. The van der Waals surface area contributed by atoms with Gasteiger partial charge in [0.25, 0.3) is 0 Å². The fourth-order valence-corrected chi connectivity index (χ4v) is 2.88. The van der Waals surface area contributed by atoms with Crippen LogP contribution in [0.25, 0.3) is 11.0 Å². The largest absolute Gasteiger partial charge is 0.494 e. The molecule has 3 rings (SSSR count). The lowest BCUT2D eigenvalue weighted by Gasteiger charge is -2.09. The average Bonchev–Trinajstić information content (AvgIpc) is 2.71. The zero-order valence-electron chi connectivity index (χ0n) is 16.9. The normalized spacial score (nSPS) is 10.6. The van der Waals surface area contributed by atoms with Crippen LogP contribution >= 0.6 is 0 Å². The van der Waals surface area contributed by atoms with E-state index in [-0.39, 0.29) is 12.5 Å². The Balaban J connectivity index is 1.71. The van der Waals surface area contributed by atoms with E-state index in [1.165, 1.54) is 13.0 Å². The van der Waals surface area contributed by atoms with Crippen molar-refractivity contribution in [1.29, 1.82) is 0 Å². The maximum atomic E-state index is 12.4. The fourth-order valence-electron chi connectivity index (χ4n) is 2.88. The summed E-state index contributed by atoms with van der Waals surface area (Å²) in [6, 6.07) is 13.0. The minimum Gasteiger partial charge on any atom is -0.494 e. The van der Waals surface area contributed by atoms with E-state index in [0.717, 1.165) is 12.8 Å². The van der Waals surface area contributed by atoms with Crippen molar-refractivity contribution in [3.63, 3.8) is 0 Å². The molecule has 0 aliphatic heterocycles. The lowest BCUT2D eigenvalue weighted by molar-refractivity contribution is -0.114. The number of fused-ring (bicyclic) bond motifs is 1. The van der Waals surface area contributed by atoms with E-state index in [4.69, 9.17) is 13.9 Å². The number of nitrogens with one attached hydrogen (secondary N) is 1. The molecule has 0 aliphatic rings. The second-order valence-electron chi connectivity index (χ2n) is 6.79. The van der Waals surface area contributed by atoms with Crippen molar-refractivity contribution in [3.05, 3.63) is 70.1 Å². The molecule has 1 heterocycles. The van der Waals surface area contributed by atoms with Crippen LogP contribution in [0.3, 0.4) is 0 Å². The van der Waals surface area contributed by atoms with Gasteiger partial charge in [0.2, 0.25) is 5.91 Å². The Morgan fingerprint density at radius 2 is 1.83 bits per heavy atom. The molecule has 0 spiro atoms. The summed E-state index contributed by atoms with van der Waals surface area (Å²) >= 11 is 0. The number of benzene rings is 2. The Kier molecular flexibility index (Phi) is 6.85. The number of rotatable bonds is 8. The summed E-state index contributed by atoms with van der Waals surface area (Å²) in [5.41, 5.74) is 1.14. The predicted molar refractivity (Wildman–Crippen MR) is 113 cm³/mol. The summed E-state index contributed by atoms with van der Waals surface area (Å²) in [5, 5.41) is 3.25. The quantitative estimate of drug-likeness (QED) is 0.339. The zero-order chi connectivity index (χ0) is 21.5. The van der Waals surface area contributed by atoms with Crippen LogP contribution in [-0.4, -0.2) is 18.5 Å². The van der Waals surface area contributed by atoms with Gasteiger partial charge in [-0.1, -0.05) is 13.3 Å². The molecule has 0 unspecified atom stereocenters. The lowest BCUT2D eigenvalue weighted by atomic mass is 10.1. The van der Waals surface area contributed by atoms with Crippen LogP contribution in [-0.2, 0) is 16.1 Å². The SMILES string of the molecule is CCCCOc1ccc(C(=O)OCc2cc(=O)oc3cc(NC(C)=O)ccc23)cc1. The molecule has 1 aromatic heterocycles. The Morgan fingerprint density at radius 3 is 2.53 bits per heavy atom. The monoisotopic (exact) mass is 409 g/mol. The van der Waals surface area contributed by atoms with Crippen LogP contribution in [0.1, 0.15) is 42.6 Å². The molecule has 0 atom stereocenters. The number of ether oxygens (including phenoxy) is 2. The molecular formula is C23H23NO6. The maximum Gasteiger partial charge on any atom is 0.338 e. The number of esters is 1. The van der Waals surface area contributed by atoms with Crippen molar-refractivity contribution in [3.8, 4) is 5.75 Å². The van der Waals surface area contributed by atoms with Gasteiger partial charge in [0.15, 0.2) is 0 Å². The third kappa shape index (κ3) is 5.47. The van der Waals surface area contributed by atoms with E-state index in [1.54, 1.807) is 42.5 Å². The molecule has 1 N–H and O–H groups in total. The topological polar surface area (TPSA) is 94.8 Å². The van der Waals surface area contributed by atoms with Crippen molar-refractivity contribution >= 4 is 28.5 Å². The van der Waals surface area contributed by atoms with Gasteiger partial charge < -0.3 is 19.2 Å². The summed E-state index contributed by atoms with van der Waals surface area (Å²) in [4.78, 5) is 35.5. The molecule has 3 aromatic rings. The summed E-state index contributed by atoms with van der Waals surface area (Å²) in [5.74, 6) is -0.0448. The third-order valence-electron chi connectivity index (χ3n) is 4.37. The highest BCUT2D eigenvalue weighted by atomic mass is 16.5. The number of hydrogen-bond donors (Lipinski definition) is 1. The molecule has 0 bridgehead atoms. The second kappa shape index (κ2) is 9.73. The van der Waals surface area contributed by atoms with Crippen molar-refractivity contribution < 1.29 is 23.5 Å². The summed E-state index contributed by atoms with van der Waals surface area (Å²) in [7, 11) is 0. The number of hydrogen-bond acceptors (Lipinski definition) is 6. The number of amides is 1. The van der Waals surface area contributed by atoms with Crippen LogP contribution in [0.4, 0.5) is 5.69 Å². The smallest absolute Gasteiger partial charge is 0.338 e. The number of carbonyl (C=O) groups is 2. The summed E-state index contributed by atoms with van der Waals surface area (Å²) < 4.78 is 16.2. The number of anilines is 1. The molecule has 0 saturated carbocycles. The van der Waals surface area contributed by atoms with Gasteiger partial charge in [-0.15, -0.1) is 0 Å². The Bertz CT molecular complexity index is 1100. The molecule has 0 radical (unpaired) electrons. The molecule has 2 aromatic carbocycles. The van der Waals surface area contributed by atoms with Gasteiger partial charge in [-0.25, -0.2) is 9.59 Å². The first kappa shape index (κ1) is 21.1. The van der Waals surface area contributed by atoms with Crippen molar-refractivity contribution in [2.45, 2.75) is 33.3 Å². The highest BCUT2D eigenvalue weighted by Crippen LogP contribution is 2.22. The zero-order valence-corrected chi connectivity index (χ0v) is 16.9. The lowest BCUT2D eigenvalue weighted by Crippen LogP contribution is -2.09. The van der Waals surface area contributed by atoms with E-state index < -0.39 is 11.6 Å². The van der Waals surface area contributed by atoms with Crippen molar-refractivity contribution in [2.24, 2.45) is 0 Å². The van der Waals surface area contributed by atoms with E-state index in [2.05, 4.69) is 12.2 Å². The third-order valence-corrected chi connectivity index (χ3v) is 4.37. The molecule has 0 fully saturated rings. The van der Waals surface area contributed by atoms with Gasteiger partial charge in [0, 0.05) is 35.7 Å². The molecule has 156 valence electrons. The molecule has 1 amide bonds. The van der Waals surface area contributed by atoms with E-state index >= 15 is 0 Å². The maximum absolute atomic E-state index is 12.4. The van der Waals surface area contributed by atoms with Crippen LogP contribution < -0.4 is 15.7 Å². The van der Waals surface area contributed by atoms with Crippen molar-refractivity contribution in [2.75, 3.05) is 11.9 Å². The predicted octanol–water partition coefficient (Wildman–Crippen LogP) is 4.29. The van der Waals surface area contributed by atoms with Gasteiger partial charge in [-0.2, -0.15) is 0 Å². The van der Waals surface area contributed by atoms with E-state index in [1.807, 2.05) is 0 Å². The molecule has 0 saturated heterocycles. The van der Waals surface area contributed by atoms with Gasteiger partial charge in [0.05, 0.1) is 12.2 Å². The molecule has 7 heteroatoms. The standard InChI is InChI=1S/C23H23NO6/c1-3-4-11-28-19-8-5-16(6-9-19)23(27)29-14-17-12-22(26)30-21-13-18(24-15(2)25)7-10-20(17)21/h5-10,12-13H,3-4,11,14H2,1-2H3,(H,24,25). The summed E-state index contributed by atoms with van der Waals surface area (Å²) in [6.07, 6.45) is 2.01. The Hall–Kier alpha value is -3.61. The first-order valence-electron chi connectivity index (χ1n) is 9.70. The minimum atomic E-state index is -0.567. The number of unbranched alkanes of at least 4 members (excludes halogenated alkanes) is 1. The van der Waals surface area contributed by atoms with Gasteiger partial charge in [-0.3, -0.25) is 4.79 Å². The Labute approximate surface area is 173 Å². The number of carbonyl (C=O) groups excluding carboxylic acids is 2. The fraction of sp³-hybridized carbons (Fsp3) is 0.261. The van der Waals surface area contributed by atoms with Gasteiger partial charge in [-0.05, 0) is 42.8 Å². The van der Waals surface area contributed by atoms with E-state index in [9.17, 15) is 14.4 Å². The molecular weight excluding hydrogens is 386 g/mol. The van der Waals surface area contributed by atoms with Gasteiger partial charge >= 0.3 is 11.6 Å². The second-order valence-corrected chi connectivity index (χ2v) is 6.79. The van der Waals surface area contributed by atoms with Crippen LogP contribution in [0.2, 0.25) is 0 Å². The highest BCUT2D eigenvalue weighted by Gasteiger charge is 2.12. The van der Waals surface area contributed by atoms with E-state index in [0.29, 0.717) is 40.1 Å². The molecule has 0 aliphatic carbocycles. The van der Waals surface area contributed by atoms with Gasteiger partial charge in [0.1, 0.15) is 17.9 Å². The minimum absolute atomic E-state index is 0.0881. The first-order chi connectivity index (χ1) is 14.5. The average molecular weight is 409 g/mol. The van der Waals surface area contributed by atoms with Crippen LogP contribution in [0.15, 0.2) is 57.7 Å². The molecule has 30 heavy (non-hydrogen) atoms. The Morgan fingerprint density at radius 1 is 1.07 bits per heavy atom.